The predicted octanol–water partition coefficient (Wildman–Crippen LogP) is 1.10. The van der Waals surface area contributed by atoms with Gasteiger partial charge in [-0.3, -0.25) is 20.8 Å². The summed E-state index contributed by atoms with van der Waals surface area (Å²) in [5.74, 6) is 0.0623. The molecule has 0 amide bonds. The summed E-state index contributed by atoms with van der Waals surface area (Å²) in [6.45, 7) is 1.58. The molecule has 0 aliphatic carbocycles. The zero-order valence-corrected chi connectivity index (χ0v) is 6.31. The summed E-state index contributed by atoms with van der Waals surface area (Å²) in [5.41, 5.74) is 2.12. The standard InChI is InChI=1S/C6H7N3O3/c1-4-3-7-6(8-10)2-5(4)9(11)12/h2-3,10H,1H3,(H,7,8). The van der Waals surface area contributed by atoms with Gasteiger partial charge in [-0.2, -0.15) is 0 Å². The van der Waals surface area contributed by atoms with Gasteiger partial charge in [0.2, 0.25) is 0 Å². The number of aromatic nitrogens is 1. The first-order chi connectivity index (χ1) is 5.65. The quantitative estimate of drug-likeness (QED) is 0.511. The van der Waals surface area contributed by atoms with Gasteiger partial charge in [0.05, 0.1) is 11.0 Å². The summed E-state index contributed by atoms with van der Waals surface area (Å²) in [5, 5.41) is 18.8. The van der Waals surface area contributed by atoms with E-state index in [1.807, 2.05) is 0 Å². The second-order valence-electron chi connectivity index (χ2n) is 2.22. The van der Waals surface area contributed by atoms with Gasteiger partial charge >= 0.3 is 0 Å². The normalized spacial score (nSPS) is 9.50. The average Bonchev–Trinajstić information content (AvgIpc) is 2.05. The summed E-state index contributed by atoms with van der Waals surface area (Å²) in [7, 11) is 0. The van der Waals surface area contributed by atoms with Crippen LogP contribution in [0.3, 0.4) is 0 Å². The van der Waals surface area contributed by atoms with Crippen molar-refractivity contribution in [1.82, 2.24) is 4.98 Å². The smallest absolute Gasteiger partial charge is 0.277 e. The zero-order valence-electron chi connectivity index (χ0n) is 6.31. The minimum atomic E-state index is -0.530. The SMILES string of the molecule is Cc1cnc(NO)cc1[N+](=O)[O-]. The molecule has 1 rings (SSSR count). The Labute approximate surface area is 68.0 Å². The van der Waals surface area contributed by atoms with Gasteiger partial charge < -0.3 is 0 Å². The molecule has 0 bridgehead atoms. The molecule has 0 aromatic carbocycles. The number of hydrogen-bond donors (Lipinski definition) is 2. The van der Waals surface area contributed by atoms with Crippen molar-refractivity contribution in [3.63, 3.8) is 0 Å². The van der Waals surface area contributed by atoms with Gasteiger partial charge in [0, 0.05) is 11.8 Å². The van der Waals surface area contributed by atoms with E-state index >= 15 is 0 Å². The highest BCUT2D eigenvalue weighted by Gasteiger charge is 2.11. The molecule has 0 saturated heterocycles. The first-order valence-electron chi connectivity index (χ1n) is 3.16. The Kier molecular flexibility index (Phi) is 2.20. The Bertz CT molecular complexity index is 313. The van der Waals surface area contributed by atoms with Crippen LogP contribution in [-0.4, -0.2) is 15.1 Å². The minimum absolute atomic E-state index is 0.0623. The van der Waals surface area contributed by atoms with Crippen LogP contribution in [0.25, 0.3) is 0 Å². The molecule has 0 aliphatic rings. The van der Waals surface area contributed by atoms with Crippen LogP contribution in [0.15, 0.2) is 12.3 Å². The van der Waals surface area contributed by atoms with E-state index in [1.165, 1.54) is 6.20 Å². The maximum atomic E-state index is 10.4. The van der Waals surface area contributed by atoms with Crippen LogP contribution in [0.1, 0.15) is 5.56 Å². The van der Waals surface area contributed by atoms with Crippen molar-refractivity contribution in [1.29, 1.82) is 0 Å². The monoisotopic (exact) mass is 169 g/mol. The lowest BCUT2D eigenvalue weighted by Crippen LogP contribution is -1.97. The van der Waals surface area contributed by atoms with Crippen molar-refractivity contribution in [2.45, 2.75) is 6.92 Å². The highest BCUT2D eigenvalue weighted by atomic mass is 16.6. The molecule has 0 radical (unpaired) electrons. The van der Waals surface area contributed by atoms with Gasteiger partial charge in [0.25, 0.3) is 5.69 Å². The van der Waals surface area contributed by atoms with Crippen molar-refractivity contribution in [2.75, 3.05) is 5.48 Å². The van der Waals surface area contributed by atoms with Gasteiger partial charge in [-0.1, -0.05) is 0 Å². The molecule has 0 unspecified atom stereocenters. The first-order valence-corrected chi connectivity index (χ1v) is 3.16. The number of anilines is 1. The largest absolute Gasteiger partial charge is 0.290 e. The third kappa shape index (κ3) is 1.48. The molecule has 6 heteroatoms. The van der Waals surface area contributed by atoms with Gasteiger partial charge in [-0.15, -0.1) is 0 Å². The molecular weight excluding hydrogens is 162 g/mol. The number of rotatable bonds is 2. The molecule has 64 valence electrons. The molecule has 1 heterocycles. The third-order valence-corrected chi connectivity index (χ3v) is 1.39. The van der Waals surface area contributed by atoms with E-state index in [1.54, 1.807) is 12.4 Å². The molecule has 0 saturated carbocycles. The summed E-state index contributed by atoms with van der Waals surface area (Å²) in [4.78, 5) is 13.5. The fourth-order valence-electron chi connectivity index (χ4n) is 0.771. The molecule has 12 heavy (non-hydrogen) atoms. The van der Waals surface area contributed by atoms with Gasteiger partial charge in [-0.05, 0) is 6.92 Å². The summed E-state index contributed by atoms with van der Waals surface area (Å²) >= 11 is 0. The number of aryl methyl sites for hydroxylation is 1. The van der Waals surface area contributed by atoms with Gasteiger partial charge in [0.1, 0.15) is 0 Å². The lowest BCUT2D eigenvalue weighted by molar-refractivity contribution is -0.385. The third-order valence-electron chi connectivity index (χ3n) is 1.39. The summed E-state index contributed by atoms with van der Waals surface area (Å²) < 4.78 is 0. The highest BCUT2D eigenvalue weighted by Crippen LogP contribution is 2.18. The molecule has 0 spiro atoms. The predicted molar refractivity (Wildman–Crippen MR) is 41.0 cm³/mol. The van der Waals surface area contributed by atoms with E-state index in [9.17, 15) is 10.1 Å². The molecule has 1 aromatic heterocycles. The Morgan fingerprint density at radius 3 is 2.92 bits per heavy atom. The second-order valence-corrected chi connectivity index (χ2v) is 2.22. The fourth-order valence-corrected chi connectivity index (χ4v) is 0.771. The zero-order chi connectivity index (χ0) is 9.14. The van der Waals surface area contributed by atoms with Crippen LogP contribution in [-0.2, 0) is 0 Å². The number of nitro groups is 1. The van der Waals surface area contributed by atoms with Crippen LogP contribution >= 0.6 is 0 Å². The average molecular weight is 169 g/mol. The molecule has 2 N–H and O–H groups in total. The molecular formula is C6H7N3O3. The van der Waals surface area contributed by atoms with E-state index in [0.717, 1.165) is 6.07 Å². The van der Waals surface area contributed by atoms with E-state index in [2.05, 4.69) is 4.98 Å². The molecule has 1 aromatic rings. The van der Waals surface area contributed by atoms with Crippen molar-refractivity contribution in [3.8, 4) is 0 Å². The van der Waals surface area contributed by atoms with Crippen molar-refractivity contribution in [3.05, 3.63) is 27.9 Å². The Balaban J connectivity index is 3.17. The number of nitrogens with zero attached hydrogens (tertiary/aromatic N) is 2. The Morgan fingerprint density at radius 2 is 2.42 bits per heavy atom. The maximum Gasteiger partial charge on any atom is 0.277 e. The topological polar surface area (TPSA) is 88.3 Å². The van der Waals surface area contributed by atoms with Crippen LogP contribution in [0, 0.1) is 17.0 Å². The second kappa shape index (κ2) is 3.14. The number of pyridine rings is 1. The van der Waals surface area contributed by atoms with E-state index < -0.39 is 4.92 Å². The van der Waals surface area contributed by atoms with E-state index in [4.69, 9.17) is 5.21 Å². The van der Waals surface area contributed by atoms with Gasteiger partial charge in [-0.25, -0.2) is 4.98 Å². The molecule has 0 atom stereocenters. The van der Waals surface area contributed by atoms with Crippen LogP contribution < -0.4 is 5.48 Å². The maximum absolute atomic E-state index is 10.4. The van der Waals surface area contributed by atoms with E-state index in [-0.39, 0.29) is 11.5 Å². The number of hydrogen-bond acceptors (Lipinski definition) is 5. The minimum Gasteiger partial charge on any atom is -0.290 e. The van der Waals surface area contributed by atoms with Crippen LogP contribution in [0.5, 0.6) is 0 Å². The van der Waals surface area contributed by atoms with Crippen molar-refractivity contribution in [2.24, 2.45) is 0 Å². The first kappa shape index (κ1) is 8.41. The van der Waals surface area contributed by atoms with E-state index in [0.29, 0.717) is 5.56 Å². The van der Waals surface area contributed by atoms with Crippen molar-refractivity contribution < 1.29 is 10.1 Å². The Morgan fingerprint density at radius 1 is 1.75 bits per heavy atom. The fraction of sp³-hybridized carbons (Fsp3) is 0.167. The lowest BCUT2D eigenvalue weighted by atomic mass is 10.2. The molecule has 0 aliphatic heterocycles. The van der Waals surface area contributed by atoms with Crippen LogP contribution in [0.2, 0.25) is 0 Å². The summed E-state index contributed by atoms with van der Waals surface area (Å²) in [6.07, 6.45) is 1.32. The lowest BCUT2D eigenvalue weighted by Gasteiger charge is -1.98. The Hall–Kier alpha value is -1.69. The highest BCUT2D eigenvalue weighted by molar-refractivity contribution is 5.47. The van der Waals surface area contributed by atoms with Gasteiger partial charge in [0.15, 0.2) is 5.82 Å². The molecule has 0 fully saturated rings. The molecule has 6 nitrogen and oxygen atoms in total. The van der Waals surface area contributed by atoms with Crippen molar-refractivity contribution >= 4 is 11.5 Å². The van der Waals surface area contributed by atoms with Crippen LogP contribution in [0.4, 0.5) is 11.5 Å². The summed E-state index contributed by atoms with van der Waals surface area (Å²) in [6, 6.07) is 1.16. The number of nitrogens with one attached hydrogen (secondary N) is 1.